The van der Waals surface area contributed by atoms with Crippen LogP contribution in [0.2, 0.25) is 0 Å². The van der Waals surface area contributed by atoms with Gasteiger partial charge in [-0.25, -0.2) is 0 Å². The summed E-state index contributed by atoms with van der Waals surface area (Å²) in [6, 6.07) is 0. The second kappa shape index (κ2) is 5.16. The van der Waals surface area contributed by atoms with E-state index in [-0.39, 0.29) is 16.6 Å². The predicted molar refractivity (Wildman–Crippen MR) is 92.4 cm³/mol. The molecule has 0 aliphatic heterocycles. The molecule has 0 bridgehead atoms. The fraction of sp³-hybridized carbons (Fsp3) is 0.905. The van der Waals surface area contributed by atoms with Gasteiger partial charge in [0.1, 0.15) is 11.4 Å². The van der Waals surface area contributed by atoms with E-state index in [1.807, 2.05) is 0 Å². The summed E-state index contributed by atoms with van der Waals surface area (Å²) < 4.78 is 0. The SMILES string of the molecule is CC(=O)[C@]1(O)CC[C@@]2(C)[C@@H](CC[C@@H]3[C@@H]2CC[C@]2(C)C(=O)CC[C@@H]32)C1. The molecule has 0 heterocycles. The molecule has 7 atom stereocenters. The van der Waals surface area contributed by atoms with E-state index in [1.54, 1.807) is 6.92 Å². The Kier molecular flexibility index (Phi) is 3.60. The zero-order valence-corrected chi connectivity index (χ0v) is 15.4. The molecule has 0 aromatic rings. The van der Waals surface area contributed by atoms with Crippen LogP contribution in [0.3, 0.4) is 0 Å². The maximum atomic E-state index is 12.5. The number of hydrogen-bond acceptors (Lipinski definition) is 3. The molecule has 4 aliphatic carbocycles. The molecule has 3 heteroatoms. The summed E-state index contributed by atoms with van der Waals surface area (Å²) >= 11 is 0. The molecular weight excluding hydrogens is 300 g/mol. The fourth-order valence-electron chi connectivity index (χ4n) is 7.34. The molecule has 0 aromatic carbocycles. The van der Waals surface area contributed by atoms with Crippen LogP contribution >= 0.6 is 0 Å². The summed E-state index contributed by atoms with van der Waals surface area (Å²) in [7, 11) is 0. The Bertz CT molecular complexity index is 584. The molecule has 0 unspecified atom stereocenters. The van der Waals surface area contributed by atoms with Crippen molar-refractivity contribution < 1.29 is 14.7 Å². The van der Waals surface area contributed by atoms with E-state index >= 15 is 0 Å². The second-order valence-corrected chi connectivity index (χ2v) is 9.87. The van der Waals surface area contributed by atoms with Gasteiger partial charge in [-0.2, -0.15) is 0 Å². The highest BCUT2D eigenvalue weighted by molar-refractivity contribution is 5.87. The largest absolute Gasteiger partial charge is 0.382 e. The van der Waals surface area contributed by atoms with Crippen LogP contribution in [0.1, 0.15) is 78.6 Å². The van der Waals surface area contributed by atoms with Crippen molar-refractivity contribution in [2.75, 3.05) is 0 Å². The van der Waals surface area contributed by atoms with E-state index in [4.69, 9.17) is 0 Å². The molecule has 3 nitrogen and oxygen atoms in total. The van der Waals surface area contributed by atoms with Crippen molar-refractivity contribution in [3.63, 3.8) is 0 Å². The molecule has 4 fully saturated rings. The molecule has 4 aliphatic rings. The molecule has 0 aromatic heterocycles. The quantitative estimate of drug-likeness (QED) is 0.792. The third-order valence-electron chi connectivity index (χ3n) is 9.09. The minimum absolute atomic E-state index is 0.0516. The number of ketones is 2. The van der Waals surface area contributed by atoms with Crippen molar-refractivity contribution in [2.24, 2.45) is 34.5 Å². The average molecular weight is 332 g/mol. The first-order valence-corrected chi connectivity index (χ1v) is 9.97. The lowest BCUT2D eigenvalue weighted by Gasteiger charge is -2.61. The zero-order valence-electron chi connectivity index (χ0n) is 15.4. The second-order valence-electron chi connectivity index (χ2n) is 9.87. The van der Waals surface area contributed by atoms with Crippen molar-refractivity contribution in [2.45, 2.75) is 84.2 Å². The number of carbonyl (C=O) groups excluding carboxylic acids is 2. The summed E-state index contributed by atoms with van der Waals surface area (Å²) in [5.74, 6) is 2.85. The lowest BCUT2D eigenvalue weighted by molar-refractivity contribution is -0.165. The topological polar surface area (TPSA) is 54.4 Å². The molecular formula is C21H32O3. The average Bonchev–Trinajstić information content (AvgIpc) is 2.84. The van der Waals surface area contributed by atoms with Gasteiger partial charge in [0.15, 0.2) is 5.78 Å². The number of rotatable bonds is 1. The number of hydrogen-bond donors (Lipinski definition) is 1. The minimum atomic E-state index is -1.08. The smallest absolute Gasteiger partial charge is 0.161 e. The summed E-state index contributed by atoms with van der Waals surface area (Å²) in [5.41, 5.74) is -0.889. The fourth-order valence-corrected chi connectivity index (χ4v) is 7.34. The van der Waals surface area contributed by atoms with E-state index in [2.05, 4.69) is 13.8 Å². The Labute approximate surface area is 145 Å². The Morgan fingerprint density at radius 1 is 1.04 bits per heavy atom. The van der Waals surface area contributed by atoms with Crippen molar-refractivity contribution in [3.8, 4) is 0 Å². The predicted octanol–water partition coefficient (Wildman–Crippen LogP) is 3.92. The number of carbonyl (C=O) groups is 2. The van der Waals surface area contributed by atoms with Crippen molar-refractivity contribution >= 4 is 11.6 Å². The van der Waals surface area contributed by atoms with Crippen molar-refractivity contribution in [1.82, 2.24) is 0 Å². The van der Waals surface area contributed by atoms with E-state index < -0.39 is 5.60 Å². The van der Waals surface area contributed by atoms with Crippen LogP contribution in [0.15, 0.2) is 0 Å². The Morgan fingerprint density at radius 3 is 2.50 bits per heavy atom. The monoisotopic (exact) mass is 332 g/mol. The van der Waals surface area contributed by atoms with Gasteiger partial charge in [0.25, 0.3) is 0 Å². The summed E-state index contributed by atoms with van der Waals surface area (Å²) in [6.45, 7) is 6.20. The van der Waals surface area contributed by atoms with Crippen molar-refractivity contribution in [3.05, 3.63) is 0 Å². The first-order chi connectivity index (χ1) is 11.2. The van der Waals surface area contributed by atoms with Crippen LogP contribution in [-0.2, 0) is 9.59 Å². The van der Waals surface area contributed by atoms with E-state index in [9.17, 15) is 14.7 Å². The Hall–Kier alpha value is -0.700. The first kappa shape index (κ1) is 16.8. The highest BCUT2D eigenvalue weighted by atomic mass is 16.3. The number of aliphatic hydroxyl groups is 1. The molecule has 24 heavy (non-hydrogen) atoms. The van der Waals surface area contributed by atoms with Gasteiger partial charge >= 0.3 is 0 Å². The number of Topliss-reactive ketones (excluding diaryl/α,β-unsaturated/α-hetero) is 2. The van der Waals surface area contributed by atoms with Crippen LogP contribution in [-0.4, -0.2) is 22.3 Å². The van der Waals surface area contributed by atoms with E-state index in [0.717, 1.165) is 38.5 Å². The maximum absolute atomic E-state index is 12.5. The van der Waals surface area contributed by atoms with Crippen LogP contribution in [0, 0.1) is 34.5 Å². The third-order valence-corrected chi connectivity index (χ3v) is 9.09. The molecule has 0 amide bonds. The van der Waals surface area contributed by atoms with Gasteiger partial charge in [-0.05, 0) is 87.4 Å². The van der Waals surface area contributed by atoms with Gasteiger partial charge in [0.05, 0.1) is 0 Å². The van der Waals surface area contributed by atoms with Crippen LogP contribution in [0.5, 0.6) is 0 Å². The van der Waals surface area contributed by atoms with Crippen LogP contribution in [0.25, 0.3) is 0 Å². The van der Waals surface area contributed by atoms with E-state index in [1.165, 1.54) is 6.42 Å². The molecule has 4 saturated carbocycles. The summed E-state index contributed by atoms with van der Waals surface area (Å²) in [6.07, 6.45) is 8.64. The van der Waals surface area contributed by atoms with E-state index in [0.29, 0.717) is 42.3 Å². The van der Waals surface area contributed by atoms with Crippen molar-refractivity contribution in [1.29, 1.82) is 0 Å². The standard InChI is InChI=1S/C21H32O3/c1-13(22)21(24)11-10-19(2)14(12-21)4-5-15-16-6-7-18(23)20(16,3)9-8-17(15)19/h14-17,24H,4-12H2,1-3H3/t14-,15-,16-,17-,19-,20-,21-/m0/s1. The minimum Gasteiger partial charge on any atom is -0.382 e. The molecule has 0 radical (unpaired) electrons. The van der Waals surface area contributed by atoms with Gasteiger partial charge in [-0.15, -0.1) is 0 Å². The summed E-state index contributed by atoms with van der Waals surface area (Å²) in [4.78, 5) is 24.4. The Balaban J connectivity index is 1.61. The lowest BCUT2D eigenvalue weighted by atomic mass is 9.44. The first-order valence-electron chi connectivity index (χ1n) is 9.97. The molecule has 4 rings (SSSR count). The molecule has 134 valence electrons. The normalized spacial score (nSPS) is 53.9. The highest BCUT2D eigenvalue weighted by Gasteiger charge is 2.61. The molecule has 1 N–H and O–H groups in total. The van der Waals surface area contributed by atoms with Gasteiger partial charge in [-0.1, -0.05) is 13.8 Å². The van der Waals surface area contributed by atoms with Gasteiger partial charge in [0, 0.05) is 11.8 Å². The molecule has 0 spiro atoms. The van der Waals surface area contributed by atoms with Crippen LogP contribution in [0.4, 0.5) is 0 Å². The third kappa shape index (κ3) is 2.06. The Morgan fingerprint density at radius 2 is 1.79 bits per heavy atom. The van der Waals surface area contributed by atoms with Gasteiger partial charge in [-0.3, -0.25) is 9.59 Å². The number of fused-ring (bicyclic) bond motifs is 5. The summed E-state index contributed by atoms with van der Waals surface area (Å²) in [5, 5.41) is 10.7. The van der Waals surface area contributed by atoms with Gasteiger partial charge < -0.3 is 5.11 Å². The van der Waals surface area contributed by atoms with Crippen LogP contribution < -0.4 is 0 Å². The lowest BCUT2D eigenvalue weighted by Crippen LogP contribution is -2.57. The highest BCUT2D eigenvalue weighted by Crippen LogP contribution is 2.66. The molecule has 0 saturated heterocycles. The zero-order chi connectivity index (χ0) is 17.3. The van der Waals surface area contributed by atoms with Gasteiger partial charge in [0.2, 0.25) is 0 Å². The maximum Gasteiger partial charge on any atom is 0.161 e.